The van der Waals surface area contributed by atoms with Crippen LogP contribution in [0.15, 0.2) is 29.3 Å². The first-order valence-electron chi connectivity index (χ1n) is 6.90. The number of rotatable bonds is 5. The molecule has 0 bridgehead atoms. The van der Waals surface area contributed by atoms with E-state index in [0.29, 0.717) is 11.6 Å². The third-order valence-electron chi connectivity index (χ3n) is 3.14. The van der Waals surface area contributed by atoms with Crippen molar-refractivity contribution in [2.24, 2.45) is 7.05 Å². The van der Waals surface area contributed by atoms with E-state index in [-0.39, 0.29) is 12.3 Å². The van der Waals surface area contributed by atoms with Gasteiger partial charge < -0.3 is 9.30 Å². The first kappa shape index (κ1) is 11.9. The molecule has 0 radical (unpaired) electrons. The number of aromatic nitrogens is 7. The first-order chi connectivity index (χ1) is 10.6. The second kappa shape index (κ2) is 5.27. The fourth-order valence-corrected chi connectivity index (χ4v) is 2.04. The van der Waals surface area contributed by atoms with Crippen LogP contribution in [0.4, 0.5) is 0 Å². The molecular formula is C12H15N7O2. The predicted octanol–water partition coefficient (Wildman–Crippen LogP) is 0.0895. The van der Waals surface area contributed by atoms with E-state index in [1.54, 1.807) is 19.2 Å². The van der Waals surface area contributed by atoms with Crippen molar-refractivity contribution >= 4 is 0 Å². The van der Waals surface area contributed by atoms with Gasteiger partial charge in [-0.3, -0.25) is 5.09 Å². The van der Waals surface area contributed by atoms with Crippen LogP contribution >= 0.6 is 0 Å². The maximum atomic E-state index is 12.0. The van der Waals surface area contributed by atoms with Crippen LogP contribution < -0.4 is 10.4 Å². The molecule has 0 saturated carbocycles. The zero-order valence-corrected chi connectivity index (χ0v) is 11.7. The number of nitrogens with zero attached hydrogens (tertiary/aromatic N) is 6. The Morgan fingerprint density at radius 3 is 2.90 bits per heavy atom. The average molecular weight is 291 g/mol. The van der Waals surface area contributed by atoms with Crippen molar-refractivity contribution in [3.63, 3.8) is 0 Å². The largest absolute Gasteiger partial charge is 0.470 e. The molecule has 0 fully saturated rings. The van der Waals surface area contributed by atoms with Crippen molar-refractivity contribution in [3.8, 4) is 11.6 Å². The van der Waals surface area contributed by atoms with Crippen molar-refractivity contribution in [1.29, 1.82) is 0 Å². The Kier molecular flexibility index (Phi) is 3.00. The molecule has 0 saturated heterocycles. The molecule has 0 amide bonds. The van der Waals surface area contributed by atoms with Crippen molar-refractivity contribution < 1.29 is 6.15 Å². The Hall–Kier alpha value is -2.84. The summed E-state index contributed by atoms with van der Waals surface area (Å²) in [6, 6.07) is 3.39. The third kappa shape index (κ3) is 2.33. The fraction of sp³-hybridized carbons (Fsp3) is 0.333. The molecule has 3 aromatic heterocycles. The smallest absolute Gasteiger partial charge is 0.368 e. The third-order valence-corrected chi connectivity index (χ3v) is 3.14. The van der Waals surface area contributed by atoms with E-state index in [2.05, 4.69) is 15.5 Å². The minimum absolute atomic E-state index is 0.205. The standard InChI is InChI=1S/C12H15N7O2/c1-3-18-7-5-9(19-12(20)17(2)15-16-19)10(18)8-21-11-4-6-13-14-11/h4-7H,3,8H2,1-2H3,(H,13,14)/i/hT. The molecule has 0 aromatic carbocycles. The molecule has 9 nitrogen and oxygen atoms in total. The van der Waals surface area contributed by atoms with Crippen LogP contribution in [0.5, 0.6) is 5.88 Å². The highest BCUT2D eigenvalue weighted by atomic mass is 16.5. The van der Waals surface area contributed by atoms with Crippen molar-refractivity contribution in [3.05, 3.63) is 40.7 Å². The SMILES string of the molecule is [3H]n1ccc(OCc2c(-n3nnn(C)c3=O)ccn2CC)n1. The number of tetrazole rings is 1. The van der Waals surface area contributed by atoms with Crippen molar-refractivity contribution in [2.75, 3.05) is 0 Å². The lowest BCUT2D eigenvalue weighted by molar-refractivity contribution is 0.282. The molecule has 21 heavy (non-hydrogen) atoms. The zero-order valence-electron chi connectivity index (χ0n) is 12.7. The Morgan fingerprint density at radius 1 is 1.43 bits per heavy atom. The van der Waals surface area contributed by atoms with Crippen molar-refractivity contribution in [1.82, 2.24) is 34.5 Å². The quantitative estimate of drug-likeness (QED) is 0.718. The molecule has 0 aliphatic heterocycles. The Bertz CT molecular complexity index is 844. The predicted molar refractivity (Wildman–Crippen MR) is 73.2 cm³/mol. The van der Waals surface area contributed by atoms with Crippen LogP contribution in [0, 0.1) is 0 Å². The van der Waals surface area contributed by atoms with Gasteiger partial charge in [-0.15, -0.1) is 5.10 Å². The van der Waals surface area contributed by atoms with E-state index in [4.69, 9.17) is 6.15 Å². The van der Waals surface area contributed by atoms with Gasteiger partial charge in [0.05, 0.1) is 11.4 Å². The maximum absolute atomic E-state index is 12.0. The normalized spacial score (nSPS) is 11.6. The summed E-state index contributed by atoms with van der Waals surface area (Å²) >= 11 is 0. The van der Waals surface area contributed by atoms with Crippen LogP contribution in [0.2, 0.25) is 1.41 Å². The average Bonchev–Trinajstić information content (AvgIpc) is 3.18. The van der Waals surface area contributed by atoms with Gasteiger partial charge in [0.2, 0.25) is 5.88 Å². The van der Waals surface area contributed by atoms with E-state index >= 15 is 0 Å². The maximum Gasteiger partial charge on any atom is 0.368 e. The summed E-state index contributed by atoms with van der Waals surface area (Å²) < 4.78 is 17.2. The molecule has 0 atom stereocenters. The van der Waals surface area contributed by atoms with Gasteiger partial charge in [-0.05, 0) is 23.4 Å². The molecule has 3 rings (SSSR count). The fourth-order valence-electron chi connectivity index (χ4n) is 2.04. The summed E-state index contributed by atoms with van der Waals surface area (Å²) in [6.07, 6.45) is 3.33. The summed E-state index contributed by atoms with van der Waals surface area (Å²) in [7, 11) is 1.54. The molecule has 0 unspecified atom stereocenters. The van der Waals surface area contributed by atoms with Gasteiger partial charge in [-0.1, -0.05) is 0 Å². The van der Waals surface area contributed by atoms with Gasteiger partial charge in [-0.2, -0.15) is 9.36 Å². The second-order valence-electron chi connectivity index (χ2n) is 4.39. The topological polar surface area (TPSA) is 95.5 Å². The summed E-state index contributed by atoms with van der Waals surface area (Å²) in [5.41, 5.74) is 1.07. The second-order valence-corrected chi connectivity index (χ2v) is 4.39. The highest BCUT2D eigenvalue weighted by Crippen LogP contribution is 2.16. The minimum atomic E-state index is -0.328. The molecule has 0 spiro atoms. The number of aryl methyl sites for hydroxylation is 2. The number of hydrogen-bond acceptors (Lipinski definition) is 5. The summed E-state index contributed by atoms with van der Waals surface area (Å²) in [5.74, 6) is 0.344. The highest BCUT2D eigenvalue weighted by molar-refractivity contribution is 5.36. The lowest BCUT2D eigenvalue weighted by Gasteiger charge is -2.09. The Balaban J connectivity index is 1.93. The van der Waals surface area contributed by atoms with E-state index < -0.39 is 0 Å². The summed E-state index contributed by atoms with van der Waals surface area (Å²) in [4.78, 5) is 12.0. The molecule has 9 heteroatoms. The number of hydrogen-bond donors (Lipinski definition) is 1. The summed E-state index contributed by atoms with van der Waals surface area (Å²) in [6.45, 7) is 2.92. The van der Waals surface area contributed by atoms with E-state index in [0.717, 1.165) is 22.0 Å². The Morgan fingerprint density at radius 2 is 2.29 bits per heavy atom. The monoisotopic (exact) mass is 291 g/mol. The lowest BCUT2D eigenvalue weighted by Crippen LogP contribution is -2.23. The lowest BCUT2D eigenvalue weighted by atomic mass is 10.3. The molecular weight excluding hydrogens is 274 g/mol. The van der Waals surface area contributed by atoms with Gasteiger partial charge in [0.15, 0.2) is 1.41 Å². The van der Waals surface area contributed by atoms with E-state index in [9.17, 15) is 4.79 Å². The van der Waals surface area contributed by atoms with Gasteiger partial charge in [0, 0.05) is 32.1 Å². The van der Waals surface area contributed by atoms with Crippen LogP contribution in [-0.2, 0) is 20.2 Å². The minimum Gasteiger partial charge on any atom is -0.470 e. The van der Waals surface area contributed by atoms with E-state index in [1.165, 1.54) is 10.9 Å². The molecule has 1 N–H and O–H groups in total. The molecule has 0 aliphatic carbocycles. The summed E-state index contributed by atoms with van der Waals surface area (Å²) in [5, 5.41) is 12.3. The molecule has 3 heterocycles. The van der Waals surface area contributed by atoms with Gasteiger partial charge in [0.1, 0.15) is 6.61 Å². The van der Waals surface area contributed by atoms with E-state index in [1.807, 2.05) is 17.7 Å². The highest BCUT2D eigenvalue weighted by Gasteiger charge is 2.15. The number of nitrogens with one attached hydrogen (secondary N) is 1. The van der Waals surface area contributed by atoms with Gasteiger partial charge in [0.25, 0.3) is 0 Å². The van der Waals surface area contributed by atoms with Crippen LogP contribution in [0.3, 0.4) is 0 Å². The van der Waals surface area contributed by atoms with Crippen LogP contribution in [0.1, 0.15) is 12.6 Å². The van der Waals surface area contributed by atoms with Gasteiger partial charge >= 0.3 is 5.69 Å². The number of ether oxygens (including phenoxy) is 1. The molecule has 0 aliphatic rings. The molecule has 110 valence electrons. The van der Waals surface area contributed by atoms with Crippen LogP contribution in [0.25, 0.3) is 5.69 Å². The zero-order chi connectivity index (χ0) is 15.7. The van der Waals surface area contributed by atoms with Crippen LogP contribution in [-0.4, -0.2) is 34.5 Å². The number of aromatic amines is 1. The number of H-pyrrole nitrogens is 1. The Labute approximate surface area is 121 Å². The first-order valence-corrected chi connectivity index (χ1v) is 6.45. The molecule has 3 aromatic rings. The van der Waals surface area contributed by atoms with Gasteiger partial charge in [-0.25, -0.2) is 4.79 Å². The van der Waals surface area contributed by atoms with Crippen molar-refractivity contribution in [2.45, 2.75) is 20.1 Å².